The molecule has 0 aromatic carbocycles. The third kappa shape index (κ3) is 9.86. The van der Waals surface area contributed by atoms with Gasteiger partial charge in [0.2, 0.25) is 0 Å². The van der Waals surface area contributed by atoms with E-state index in [4.69, 9.17) is 4.74 Å². The van der Waals surface area contributed by atoms with Crippen molar-refractivity contribution >= 4 is 28.6 Å². The molecule has 0 aromatic rings. The van der Waals surface area contributed by atoms with E-state index in [0.717, 1.165) is 17.3 Å². The molecule has 0 aliphatic heterocycles. The van der Waals surface area contributed by atoms with Crippen LogP contribution in [0.15, 0.2) is 12.2 Å². The van der Waals surface area contributed by atoms with Crippen LogP contribution in [0.1, 0.15) is 33.6 Å². The topological polar surface area (TPSA) is 26.3 Å². The van der Waals surface area contributed by atoms with Crippen molar-refractivity contribution in [1.29, 1.82) is 0 Å². The Morgan fingerprint density at radius 3 is 2.54 bits per heavy atom. The fourth-order valence-corrected chi connectivity index (χ4v) is 1.15. The van der Waals surface area contributed by atoms with Crippen molar-refractivity contribution in [3.63, 3.8) is 0 Å². The summed E-state index contributed by atoms with van der Waals surface area (Å²) in [6.45, 7) is 5.59. The Balaban J connectivity index is 3.68. The van der Waals surface area contributed by atoms with Crippen molar-refractivity contribution in [2.45, 2.75) is 39.2 Å². The Morgan fingerprint density at radius 2 is 2.08 bits per heavy atom. The van der Waals surface area contributed by atoms with E-state index in [1.54, 1.807) is 0 Å². The summed E-state index contributed by atoms with van der Waals surface area (Å²) in [5.41, 5.74) is -0.384. The van der Waals surface area contributed by atoms with Gasteiger partial charge in [-0.1, -0.05) is 28.7 Å². The van der Waals surface area contributed by atoms with Crippen LogP contribution in [0.5, 0.6) is 0 Å². The molecular formula is C10H17IO2. The molecule has 0 N–H and O–H groups in total. The molecule has 13 heavy (non-hydrogen) atoms. The molecule has 0 bridgehead atoms. The highest BCUT2D eigenvalue weighted by molar-refractivity contribution is 14.1. The number of carbonyl (C=O) groups is 1. The Morgan fingerprint density at radius 1 is 1.46 bits per heavy atom. The second-order valence-electron chi connectivity index (χ2n) is 3.77. The number of esters is 1. The number of halogens is 1. The van der Waals surface area contributed by atoms with Crippen molar-refractivity contribution in [2.75, 3.05) is 4.43 Å². The maximum Gasteiger partial charge on any atom is 0.330 e. The molecule has 0 fully saturated rings. The van der Waals surface area contributed by atoms with E-state index >= 15 is 0 Å². The minimum absolute atomic E-state index is 0.249. The molecule has 3 heteroatoms. The Hall–Kier alpha value is -0.0600. The molecule has 0 saturated heterocycles. The first-order valence-corrected chi connectivity index (χ1v) is 5.94. The molecule has 0 rings (SSSR count). The monoisotopic (exact) mass is 296 g/mol. The molecule has 76 valence electrons. The zero-order valence-corrected chi connectivity index (χ0v) is 10.6. The Labute approximate surface area is 93.9 Å². The van der Waals surface area contributed by atoms with E-state index in [9.17, 15) is 4.79 Å². The molecule has 0 saturated carbocycles. The summed E-state index contributed by atoms with van der Waals surface area (Å²) in [7, 11) is 0. The maximum atomic E-state index is 11.1. The summed E-state index contributed by atoms with van der Waals surface area (Å²) in [5.74, 6) is -0.249. The highest BCUT2D eigenvalue weighted by atomic mass is 127. The van der Waals surface area contributed by atoms with Crippen LogP contribution in [0, 0.1) is 0 Å². The number of hydrogen-bond acceptors (Lipinski definition) is 2. The van der Waals surface area contributed by atoms with Crippen LogP contribution in [-0.2, 0) is 9.53 Å². The van der Waals surface area contributed by atoms with Gasteiger partial charge in [0.15, 0.2) is 0 Å². The van der Waals surface area contributed by atoms with Crippen molar-refractivity contribution in [3.05, 3.63) is 12.2 Å². The number of ether oxygens (including phenoxy) is 1. The van der Waals surface area contributed by atoms with Crippen LogP contribution < -0.4 is 0 Å². The van der Waals surface area contributed by atoms with E-state index in [1.807, 2.05) is 26.8 Å². The van der Waals surface area contributed by atoms with Crippen LogP contribution >= 0.6 is 22.6 Å². The highest BCUT2D eigenvalue weighted by Crippen LogP contribution is 2.07. The lowest BCUT2D eigenvalue weighted by atomic mass is 10.2. The Kier molecular flexibility index (Phi) is 6.37. The molecule has 0 unspecified atom stereocenters. The normalized spacial score (nSPS) is 12.0. The second kappa shape index (κ2) is 6.40. The highest BCUT2D eigenvalue weighted by Gasteiger charge is 2.13. The number of unbranched alkanes of at least 4 members (excludes halogenated alkanes) is 1. The SMILES string of the molecule is CC(C)(C)OC(=O)/C=C/CCCI. The largest absolute Gasteiger partial charge is 0.457 e. The molecule has 0 aromatic heterocycles. The molecule has 0 aliphatic carbocycles. The first-order chi connectivity index (χ1) is 5.95. The summed E-state index contributed by atoms with van der Waals surface area (Å²) in [5, 5.41) is 0. The zero-order valence-electron chi connectivity index (χ0n) is 8.47. The van der Waals surface area contributed by atoms with E-state index in [2.05, 4.69) is 22.6 Å². The fourth-order valence-electron chi connectivity index (χ4n) is 0.710. The predicted molar refractivity (Wildman–Crippen MR) is 63.1 cm³/mol. The zero-order chi connectivity index (χ0) is 10.3. The summed E-state index contributed by atoms with van der Waals surface area (Å²) >= 11 is 2.32. The smallest absolute Gasteiger partial charge is 0.330 e. The van der Waals surface area contributed by atoms with Crippen molar-refractivity contribution in [2.24, 2.45) is 0 Å². The minimum Gasteiger partial charge on any atom is -0.457 e. The van der Waals surface area contributed by atoms with Gasteiger partial charge in [0.25, 0.3) is 0 Å². The summed E-state index contributed by atoms with van der Waals surface area (Å²) in [6, 6.07) is 0. The molecule has 0 amide bonds. The van der Waals surface area contributed by atoms with Gasteiger partial charge in [-0.3, -0.25) is 0 Å². The van der Waals surface area contributed by atoms with Gasteiger partial charge in [-0.2, -0.15) is 0 Å². The van der Waals surface area contributed by atoms with Crippen LogP contribution in [0.4, 0.5) is 0 Å². The molecule has 0 spiro atoms. The molecule has 0 radical (unpaired) electrons. The van der Waals surface area contributed by atoms with Gasteiger partial charge in [-0.25, -0.2) is 4.79 Å². The number of hydrogen-bond donors (Lipinski definition) is 0. The standard InChI is InChI=1S/C10H17IO2/c1-10(2,3)13-9(12)7-5-4-6-8-11/h5,7H,4,6,8H2,1-3H3/b7-5+. The number of carbonyl (C=O) groups excluding carboxylic acids is 1. The number of allylic oxidation sites excluding steroid dienone is 1. The lowest BCUT2D eigenvalue weighted by molar-refractivity contribution is -0.148. The van der Waals surface area contributed by atoms with E-state index in [0.29, 0.717) is 0 Å². The first kappa shape index (κ1) is 12.9. The number of rotatable bonds is 4. The lowest BCUT2D eigenvalue weighted by Crippen LogP contribution is -2.22. The minimum atomic E-state index is -0.384. The Bertz CT molecular complexity index is 180. The summed E-state index contributed by atoms with van der Waals surface area (Å²) < 4.78 is 6.21. The molecule has 0 aliphatic rings. The van der Waals surface area contributed by atoms with Gasteiger partial charge in [0.05, 0.1) is 0 Å². The van der Waals surface area contributed by atoms with Gasteiger partial charge in [-0.15, -0.1) is 0 Å². The third-order valence-corrected chi connectivity index (χ3v) is 1.93. The summed E-state index contributed by atoms with van der Waals surface area (Å²) in [6.07, 6.45) is 5.44. The van der Waals surface area contributed by atoms with Crippen LogP contribution in [0.2, 0.25) is 0 Å². The van der Waals surface area contributed by atoms with Crippen LogP contribution in [-0.4, -0.2) is 16.0 Å². The third-order valence-electron chi connectivity index (χ3n) is 1.17. The van der Waals surface area contributed by atoms with Gasteiger partial charge in [-0.05, 0) is 38.0 Å². The van der Waals surface area contributed by atoms with Crippen molar-refractivity contribution in [1.82, 2.24) is 0 Å². The van der Waals surface area contributed by atoms with E-state index < -0.39 is 0 Å². The van der Waals surface area contributed by atoms with Crippen LogP contribution in [0.3, 0.4) is 0 Å². The number of alkyl halides is 1. The summed E-state index contributed by atoms with van der Waals surface area (Å²) in [4.78, 5) is 11.1. The molecular weight excluding hydrogens is 279 g/mol. The van der Waals surface area contributed by atoms with Gasteiger partial charge < -0.3 is 4.74 Å². The van der Waals surface area contributed by atoms with E-state index in [-0.39, 0.29) is 11.6 Å². The molecule has 0 heterocycles. The van der Waals surface area contributed by atoms with Crippen molar-refractivity contribution in [3.8, 4) is 0 Å². The second-order valence-corrected chi connectivity index (χ2v) is 4.85. The maximum absolute atomic E-state index is 11.1. The van der Waals surface area contributed by atoms with Gasteiger partial charge >= 0.3 is 5.97 Å². The fraction of sp³-hybridized carbons (Fsp3) is 0.700. The molecule has 2 nitrogen and oxygen atoms in total. The van der Waals surface area contributed by atoms with Crippen molar-refractivity contribution < 1.29 is 9.53 Å². The predicted octanol–water partition coefficient (Wildman–Crippen LogP) is 3.10. The molecule has 0 atom stereocenters. The van der Waals surface area contributed by atoms with Gasteiger partial charge in [0.1, 0.15) is 5.60 Å². The average molecular weight is 296 g/mol. The van der Waals surface area contributed by atoms with E-state index in [1.165, 1.54) is 6.08 Å². The van der Waals surface area contributed by atoms with Crippen LogP contribution in [0.25, 0.3) is 0 Å². The lowest BCUT2D eigenvalue weighted by Gasteiger charge is -2.17. The van der Waals surface area contributed by atoms with Gasteiger partial charge in [0, 0.05) is 6.08 Å². The quantitative estimate of drug-likeness (QED) is 0.262. The average Bonchev–Trinajstić information content (AvgIpc) is 1.94. The first-order valence-electron chi connectivity index (χ1n) is 4.41.